The minimum Gasteiger partial charge on any atom is -0.356 e. The highest BCUT2D eigenvalue weighted by atomic mass is 16.2. The minimum atomic E-state index is -0.223. The lowest BCUT2D eigenvalue weighted by molar-refractivity contribution is -0.121. The summed E-state index contributed by atoms with van der Waals surface area (Å²) >= 11 is 0. The number of carbonyl (C=O) groups excluding carboxylic acids is 1. The fourth-order valence-electron chi connectivity index (χ4n) is 2.39. The Morgan fingerprint density at radius 2 is 1.70 bits per heavy atom. The second-order valence-corrected chi connectivity index (χ2v) is 6.90. The molecule has 1 aromatic rings. The van der Waals surface area contributed by atoms with Crippen molar-refractivity contribution < 1.29 is 4.79 Å². The maximum absolute atomic E-state index is 11.8. The summed E-state index contributed by atoms with van der Waals surface area (Å²) in [5.74, 6) is 0.591. The molecule has 23 heavy (non-hydrogen) atoms. The number of nitrogens with zero attached hydrogens (tertiary/aromatic N) is 1. The van der Waals surface area contributed by atoms with E-state index >= 15 is 0 Å². The van der Waals surface area contributed by atoms with Gasteiger partial charge in [-0.1, -0.05) is 29.3 Å². The van der Waals surface area contributed by atoms with Gasteiger partial charge in [0.25, 0.3) is 0 Å². The Balaban J connectivity index is 2.38. The molecule has 0 aliphatic rings. The first-order valence-electron chi connectivity index (χ1n) is 8.02. The molecule has 3 N–H and O–H groups in total. The average Bonchev–Trinajstić information content (AvgIpc) is 2.39. The van der Waals surface area contributed by atoms with Crippen molar-refractivity contribution >= 4 is 11.9 Å². The summed E-state index contributed by atoms with van der Waals surface area (Å²) in [4.78, 5) is 15.9. The first-order valence-corrected chi connectivity index (χ1v) is 8.02. The number of aryl methyl sites for hydroxylation is 2. The molecule has 1 rings (SSSR count). The van der Waals surface area contributed by atoms with Crippen molar-refractivity contribution in [1.29, 1.82) is 0 Å². The zero-order valence-electron chi connectivity index (χ0n) is 15.2. The Morgan fingerprint density at radius 3 is 2.22 bits per heavy atom. The van der Waals surface area contributed by atoms with Crippen LogP contribution in [0.5, 0.6) is 0 Å². The Morgan fingerprint density at radius 1 is 1.09 bits per heavy atom. The number of aliphatic imine (C=N–C) groups is 1. The van der Waals surface area contributed by atoms with Crippen molar-refractivity contribution in [2.45, 2.75) is 46.6 Å². The first-order chi connectivity index (χ1) is 10.7. The predicted octanol–water partition coefficient (Wildman–Crippen LogP) is 1.93. The Hall–Kier alpha value is -2.04. The standard InChI is InChI=1S/C18H30N4O/c1-13-9-14(2)11-15(10-13)7-8-20-17(19-6)21-12-16(23)22-18(3,4)5/h9-11H,7-8,12H2,1-6H3,(H,22,23)(H2,19,20,21). The van der Waals surface area contributed by atoms with Crippen LogP contribution in [0.15, 0.2) is 23.2 Å². The van der Waals surface area contributed by atoms with Gasteiger partial charge in [0.15, 0.2) is 5.96 Å². The van der Waals surface area contributed by atoms with Crippen LogP contribution >= 0.6 is 0 Å². The van der Waals surface area contributed by atoms with E-state index in [9.17, 15) is 4.79 Å². The van der Waals surface area contributed by atoms with Crippen LogP contribution in [0.4, 0.5) is 0 Å². The monoisotopic (exact) mass is 318 g/mol. The third-order valence-electron chi connectivity index (χ3n) is 3.14. The van der Waals surface area contributed by atoms with Gasteiger partial charge in [-0.15, -0.1) is 0 Å². The summed E-state index contributed by atoms with van der Waals surface area (Å²) in [7, 11) is 1.70. The second kappa shape index (κ2) is 8.56. The highest BCUT2D eigenvalue weighted by Crippen LogP contribution is 2.08. The number of nitrogens with one attached hydrogen (secondary N) is 3. The van der Waals surface area contributed by atoms with Gasteiger partial charge in [-0.05, 0) is 46.6 Å². The molecule has 5 nitrogen and oxygen atoms in total. The van der Waals surface area contributed by atoms with Gasteiger partial charge in [0.1, 0.15) is 0 Å². The maximum atomic E-state index is 11.8. The predicted molar refractivity (Wildman–Crippen MR) is 96.9 cm³/mol. The van der Waals surface area contributed by atoms with Crippen molar-refractivity contribution in [3.63, 3.8) is 0 Å². The number of guanidine groups is 1. The summed E-state index contributed by atoms with van der Waals surface area (Å²) in [6, 6.07) is 6.56. The van der Waals surface area contributed by atoms with Crippen LogP contribution in [0, 0.1) is 13.8 Å². The van der Waals surface area contributed by atoms with Gasteiger partial charge in [-0.3, -0.25) is 9.79 Å². The highest BCUT2D eigenvalue weighted by molar-refractivity contribution is 5.86. The number of carbonyl (C=O) groups is 1. The van der Waals surface area contributed by atoms with Gasteiger partial charge < -0.3 is 16.0 Å². The second-order valence-electron chi connectivity index (χ2n) is 6.90. The summed E-state index contributed by atoms with van der Waals surface area (Å²) in [6.07, 6.45) is 0.914. The van der Waals surface area contributed by atoms with Crippen LogP contribution in [0.1, 0.15) is 37.5 Å². The normalized spacial score (nSPS) is 12.0. The number of benzene rings is 1. The van der Waals surface area contributed by atoms with Gasteiger partial charge in [-0.2, -0.15) is 0 Å². The molecule has 0 aliphatic carbocycles. The molecule has 0 aromatic heterocycles. The smallest absolute Gasteiger partial charge is 0.239 e. The van der Waals surface area contributed by atoms with Crippen molar-refractivity contribution in [3.05, 3.63) is 34.9 Å². The van der Waals surface area contributed by atoms with E-state index in [1.165, 1.54) is 16.7 Å². The lowest BCUT2D eigenvalue weighted by Gasteiger charge is -2.21. The fraction of sp³-hybridized carbons (Fsp3) is 0.556. The largest absolute Gasteiger partial charge is 0.356 e. The van der Waals surface area contributed by atoms with E-state index < -0.39 is 0 Å². The molecule has 128 valence electrons. The van der Waals surface area contributed by atoms with E-state index in [2.05, 4.69) is 53.0 Å². The molecule has 0 spiro atoms. The van der Waals surface area contributed by atoms with Crippen LogP contribution < -0.4 is 16.0 Å². The van der Waals surface area contributed by atoms with E-state index in [1.807, 2.05) is 20.8 Å². The van der Waals surface area contributed by atoms with Crippen LogP contribution in [-0.4, -0.2) is 37.5 Å². The van der Waals surface area contributed by atoms with Gasteiger partial charge in [-0.25, -0.2) is 0 Å². The summed E-state index contributed by atoms with van der Waals surface area (Å²) in [6.45, 7) is 11.1. The quantitative estimate of drug-likeness (QED) is 0.574. The molecule has 1 aromatic carbocycles. The topological polar surface area (TPSA) is 65.5 Å². The van der Waals surface area contributed by atoms with Crippen LogP contribution in [0.2, 0.25) is 0 Å². The summed E-state index contributed by atoms with van der Waals surface area (Å²) in [5.41, 5.74) is 3.64. The van der Waals surface area contributed by atoms with E-state index in [0.717, 1.165) is 13.0 Å². The van der Waals surface area contributed by atoms with Crippen molar-refractivity contribution in [2.24, 2.45) is 4.99 Å². The van der Waals surface area contributed by atoms with Gasteiger partial charge >= 0.3 is 0 Å². The fourth-order valence-corrected chi connectivity index (χ4v) is 2.39. The molecule has 0 unspecified atom stereocenters. The molecule has 0 fully saturated rings. The SMILES string of the molecule is CN=C(NCCc1cc(C)cc(C)c1)NCC(=O)NC(C)(C)C. The average molecular weight is 318 g/mol. The molecular weight excluding hydrogens is 288 g/mol. The third kappa shape index (κ3) is 8.24. The maximum Gasteiger partial charge on any atom is 0.239 e. The molecule has 5 heteroatoms. The Kier molecular flexibility index (Phi) is 7.07. The Labute approximate surface area is 140 Å². The lowest BCUT2D eigenvalue weighted by Crippen LogP contribution is -2.48. The van der Waals surface area contributed by atoms with E-state index in [0.29, 0.717) is 5.96 Å². The van der Waals surface area contributed by atoms with E-state index in [4.69, 9.17) is 0 Å². The minimum absolute atomic E-state index is 0.0465. The highest BCUT2D eigenvalue weighted by Gasteiger charge is 2.13. The van der Waals surface area contributed by atoms with E-state index in [1.54, 1.807) is 7.05 Å². The van der Waals surface area contributed by atoms with Crippen molar-refractivity contribution in [1.82, 2.24) is 16.0 Å². The third-order valence-corrected chi connectivity index (χ3v) is 3.14. The van der Waals surface area contributed by atoms with Gasteiger partial charge in [0.05, 0.1) is 6.54 Å². The number of hydrogen-bond donors (Lipinski definition) is 3. The summed E-state index contributed by atoms with van der Waals surface area (Å²) in [5, 5.41) is 9.17. The van der Waals surface area contributed by atoms with Crippen LogP contribution in [0.25, 0.3) is 0 Å². The molecule has 0 saturated heterocycles. The van der Waals surface area contributed by atoms with Crippen molar-refractivity contribution in [2.75, 3.05) is 20.1 Å². The molecule has 0 atom stereocenters. The van der Waals surface area contributed by atoms with Crippen LogP contribution in [0.3, 0.4) is 0 Å². The molecule has 0 aliphatic heterocycles. The zero-order chi connectivity index (χ0) is 17.5. The summed E-state index contributed by atoms with van der Waals surface area (Å²) < 4.78 is 0. The molecule has 0 heterocycles. The van der Waals surface area contributed by atoms with Crippen LogP contribution in [-0.2, 0) is 11.2 Å². The zero-order valence-corrected chi connectivity index (χ0v) is 15.2. The lowest BCUT2D eigenvalue weighted by atomic mass is 10.1. The van der Waals surface area contributed by atoms with E-state index in [-0.39, 0.29) is 18.0 Å². The molecule has 1 amide bonds. The number of amides is 1. The van der Waals surface area contributed by atoms with Gasteiger partial charge in [0.2, 0.25) is 5.91 Å². The molecule has 0 bridgehead atoms. The van der Waals surface area contributed by atoms with Gasteiger partial charge in [0, 0.05) is 19.1 Å². The first kappa shape index (κ1) is 19.0. The Bertz CT molecular complexity index is 538. The molecule has 0 saturated carbocycles. The molecule has 0 radical (unpaired) electrons. The van der Waals surface area contributed by atoms with Crippen molar-refractivity contribution in [3.8, 4) is 0 Å². The number of hydrogen-bond acceptors (Lipinski definition) is 2. The number of rotatable bonds is 5. The molecular formula is C18H30N4O.